The average molecular weight is 275 g/mol. The molecule has 1 unspecified atom stereocenters. The number of hydrazine groups is 1. The van der Waals surface area contributed by atoms with Crippen molar-refractivity contribution in [2.24, 2.45) is 5.84 Å². The molecule has 3 N–H and O–H groups in total. The summed E-state index contributed by atoms with van der Waals surface area (Å²) >= 11 is 5.93. The van der Waals surface area contributed by atoms with Crippen LogP contribution in [0.4, 0.5) is 0 Å². The molecule has 0 aliphatic rings. The van der Waals surface area contributed by atoms with E-state index in [1.807, 2.05) is 24.3 Å². The maximum atomic E-state index is 5.93. The molecule has 2 aromatic rings. The monoisotopic (exact) mass is 274 g/mol. The molecule has 0 amide bonds. The minimum Gasteiger partial charge on any atom is -0.271 e. The smallest absolute Gasteiger partial charge is 0.0712 e. The Morgan fingerprint density at radius 3 is 2.11 bits per heavy atom. The highest BCUT2D eigenvalue weighted by molar-refractivity contribution is 6.30. The molecule has 0 aromatic heterocycles. The Morgan fingerprint density at radius 2 is 1.53 bits per heavy atom. The van der Waals surface area contributed by atoms with Crippen LogP contribution in [0.5, 0.6) is 0 Å². The molecule has 0 saturated carbocycles. The molecular weight excluding hydrogens is 256 g/mol. The summed E-state index contributed by atoms with van der Waals surface area (Å²) in [5.41, 5.74) is 9.02. The van der Waals surface area contributed by atoms with E-state index in [1.165, 1.54) is 22.3 Å². The lowest BCUT2D eigenvalue weighted by molar-refractivity contribution is 0.633. The van der Waals surface area contributed by atoms with Crippen LogP contribution in [0.1, 0.15) is 33.9 Å². The largest absolute Gasteiger partial charge is 0.271 e. The summed E-state index contributed by atoms with van der Waals surface area (Å²) in [6.07, 6.45) is 0. The van der Waals surface area contributed by atoms with Gasteiger partial charge in [-0.2, -0.15) is 0 Å². The molecule has 0 saturated heterocycles. The van der Waals surface area contributed by atoms with Crippen molar-refractivity contribution in [3.05, 3.63) is 69.2 Å². The molecule has 19 heavy (non-hydrogen) atoms. The summed E-state index contributed by atoms with van der Waals surface area (Å²) in [6.45, 7) is 6.36. The van der Waals surface area contributed by atoms with E-state index in [0.29, 0.717) is 0 Å². The van der Waals surface area contributed by atoms with Crippen molar-refractivity contribution in [2.75, 3.05) is 0 Å². The van der Waals surface area contributed by atoms with Crippen molar-refractivity contribution in [2.45, 2.75) is 26.8 Å². The van der Waals surface area contributed by atoms with Gasteiger partial charge in [-0.15, -0.1) is 0 Å². The van der Waals surface area contributed by atoms with Gasteiger partial charge in [0, 0.05) is 5.02 Å². The SMILES string of the molecule is Cc1cc(C)c(C(NN)c2ccc(Cl)cc2)cc1C. The van der Waals surface area contributed by atoms with E-state index >= 15 is 0 Å². The average Bonchev–Trinajstić information content (AvgIpc) is 2.38. The topological polar surface area (TPSA) is 38.0 Å². The third-order valence-electron chi connectivity index (χ3n) is 3.56. The highest BCUT2D eigenvalue weighted by Gasteiger charge is 2.15. The molecule has 2 rings (SSSR count). The van der Waals surface area contributed by atoms with Crippen molar-refractivity contribution < 1.29 is 0 Å². The molecule has 100 valence electrons. The number of halogens is 1. The molecule has 0 bridgehead atoms. The van der Waals surface area contributed by atoms with Crippen LogP contribution in [0.3, 0.4) is 0 Å². The Balaban J connectivity index is 2.47. The summed E-state index contributed by atoms with van der Waals surface area (Å²) in [4.78, 5) is 0. The summed E-state index contributed by atoms with van der Waals surface area (Å²) in [5.74, 6) is 5.75. The van der Waals surface area contributed by atoms with Gasteiger partial charge in [-0.05, 0) is 60.7 Å². The molecule has 0 aliphatic carbocycles. The van der Waals surface area contributed by atoms with Gasteiger partial charge in [-0.1, -0.05) is 35.9 Å². The summed E-state index contributed by atoms with van der Waals surface area (Å²) < 4.78 is 0. The van der Waals surface area contributed by atoms with Gasteiger partial charge in [0.25, 0.3) is 0 Å². The number of rotatable bonds is 3. The van der Waals surface area contributed by atoms with Crippen LogP contribution in [0.2, 0.25) is 5.02 Å². The molecule has 0 aliphatic heterocycles. The highest BCUT2D eigenvalue weighted by Crippen LogP contribution is 2.27. The van der Waals surface area contributed by atoms with Gasteiger partial charge in [-0.3, -0.25) is 5.84 Å². The van der Waals surface area contributed by atoms with E-state index < -0.39 is 0 Å². The second-order valence-corrected chi connectivity index (χ2v) is 5.38. The number of nitrogens with one attached hydrogen (secondary N) is 1. The Kier molecular flexibility index (Phi) is 4.25. The Morgan fingerprint density at radius 1 is 0.947 bits per heavy atom. The summed E-state index contributed by atoms with van der Waals surface area (Å²) in [7, 11) is 0. The Bertz CT molecular complexity index is 576. The molecule has 3 heteroatoms. The van der Waals surface area contributed by atoms with Crippen LogP contribution < -0.4 is 11.3 Å². The first-order valence-electron chi connectivity index (χ1n) is 6.32. The van der Waals surface area contributed by atoms with Gasteiger partial charge in [0.15, 0.2) is 0 Å². The number of aryl methyl sites for hydroxylation is 3. The van der Waals surface area contributed by atoms with E-state index in [1.54, 1.807) is 0 Å². The molecular formula is C16H19ClN2. The van der Waals surface area contributed by atoms with Crippen molar-refractivity contribution in [3.63, 3.8) is 0 Å². The van der Waals surface area contributed by atoms with E-state index in [9.17, 15) is 0 Å². The third-order valence-corrected chi connectivity index (χ3v) is 3.82. The van der Waals surface area contributed by atoms with Crippen molar-refractivity contribution in [1.29, 1.82) is 0 Å². The molecule has 2 aromatic carbocycles. The first kappa shape index (κ1) is 14.1. The first-order valence-corrected chi connectivity index (χ1v) is 6.70. The van der Waals surface area contributed by atoms with Crippen LogP contribution in [0.25, 0.3) is 0 Å². The number of hydrogen-bond donors (Lipinski definition) is 2. The maximum Gasteiger partial charge on any atom is 0.0712 e. The quantitative estimate of drug-likeness (QED) is 0.660. The van der Waals surface area contributed by atoms with Crippen molar-refractivity contribution in [3.8, 4) is 0 Å². The summed E-state index contributed by atoms with van der Waals surface area (Å²) in [6, 6.07) is 12.2. The fraction of sp³-hybridized carbons (Fsp3) is 0.250. The standard InChI is InChI=1S/C16H19ClN2/c1-10-8-12(3)15(9-11(10)2)16(19-18)13-4-6-14(17)7-5-13/h4-9,16,19H,18H2,1-3H3. The Hall–Kier alpha value is -1.35. The fourth-order valence-electron chi connectivity index (χ4n) is 2.31. The predicted octanol–water partition coefficient (Wildman–Crippen LogP) is 3.82. The third kappa shape index (κ3) is 2.98. The van der Waals surface area contributed by atoms with Gasteiger partial charge < -0.3 is 0 Å². The zero-order chi connectivity index (χ0) is 14.0. The van der Waals surface area contributed by atoms with E-state index in [2.05, 4.69) is 38.3 Å². The van der Waals surface area contributed by atoms with Crippen molar-refractivity contribution >= 4 is 11.6 Å². The van der Waals surface area contributed by atoms with Gasteiger partial charge >= 0.3 is 0 Å². The second kappa shape index (κ2) is 5.74. The number of nitrogens with two attached hydrogens (primary N) is 1. The normalized spacial score (nSPS) is 12.5. The van der Waals surface area contributed by atoms with Gasteiger partial charge in [-0.25, -0.2) is 5.43 Å². The fourth-order valence-corrected chi connectivity index (χ4v) is 2.44. The lowest BCUT2D eigenvalue weighted by atomic mass is 9.92. The van der Waals surface area contributed by atoms with E-state index in [0.717, 1.165) is 10.6 Å². The molecule has 0 radical (unpaired) electrons. The van der Waals surface area contributed by atoms with Crippen LogP contribution in [0.15, 0.2) is 36.4 Å². The lowest BCUT2D eigenvalue weighted by Crippen LogP contribution is -2.29. The second-order valence-electron chi connectivity index (χ2n) is 4.94. The minimum absolute atomic E-state index is 0.0171. The van der Waals surface area contributed by atoms with Crippen LogP contribution in [0, 0.1) is 20.8 Å². The van der Waals surface area contributed by atoms with Gasteiger partial charge in [0.1, 0.15) is 0 Å². The lowest BCUT2D eigenvalue weighted by Gasteiger charge is -2.20. The van der Waals surface area contributed by atoms with Crippen LogP contribution >= 0.6 is 11.6 Å². The predicted molar refractivity (Wildman–Crippen MR) is 81.3 cm³/mol. The molecule has 0 fully saturated rings. The Labute approximate surface area is 119 Å². The molecule has 2 nitrogen and oxygen atoms in total. The number of hydrogen-bond acceptors (Lipinski definition) is 2. The zero-order valence-electron chi connectivity index (χ0n) is 11.5. The zero-order valence-corrected chi connectivity index (χ0v) is 12.3. The van der Waals surface area contributed by atoms with Crippen LogP contribution in [-0.2, 0) is 0 Å². The minimum atomic E-state index is -0.0171. The highest BCUT2D eigenvalue weighted by atomic mass is 35.5. The number of benzene rings is 2. The van der Waals surface area contributed by atoms with Crippen molar-refractivity contribution in [1.82, 2.24) is 5.43 Å². The van der Waals surface area contributed by atoms with Gasteiger partial charge in [0.2, 0.25) is 0 Å². The van der Waals surface area contributed by atoms with Crippen LogP contribution in [-0.4, -0.2) is 0 Å². The van der Waals surface area contributed by atoms with E-state index in [-0.39, 0.29) is 6.04 Å². The molecule has 0 heterocycles. The van der Waals surface area contributed by atoms with E-state index in [4.69, 9.17) is 17.4 Å². The molecule has 1 atom stereocenters. The molecule has 0 spiro atoms. The van der Waals surface area contributed by atoms with Gasteiger partial charge in [0.05, 0.1) is 6.04 Å². The first-order chi connectivity index (χ1) is 9.02. The summed E-state index contributed by atoms with van der Waals surface area (Å²) in [5, 5.41) is 0.733. The maximum absolute atomic E-state index is 5.93.